The average molecular weight is 273 g/mol. The highest BCUT2D eigenvalue weighted by Gasteiger charge is 2.10. The van der Waals surface area contributed by atoms with Gasteiger partial charge in [-0.2, -0.15) is 5.10 Å². The van der Waals surface area contributed by atoms with Gasteiger partial charge in [-0.1, -0.05) is 35.9 Å². The van der Waals surface area contributed by atoms with E-state index in [-0.39, 0.29) is 0 Å². The van der Waals surface area contributed by atoms with E-state index in [0.717, 1.165) is 22.3 Å². The van der Waals surface area contributed by atoms with Crippen molar-refractivity contribution in [1.29, 1.82) is 0 Å². The summed E-state index contributed by atoms with van der Waals surface area (Å²) < 4.78 is 1.68. The van der Waals surface area contributed by atoms with Gasteiger partial charge in [0.2, 0.25) is 0 Å². The average Bonchev–Trinajstić information content (AvgIpc) is 2.66. The van der Waals surface area contributed by atoms with E-state index in [0.29, 0.717) is 17.4 Å². The van der Waals surface area contributed by atoms with Crippen LogP contribution in [0, 0.1) is 6.92 Å². The van der Waals surface area contributed by atoms with E-state index in [4.69, 9.17) is 17.3 Å². The SMILES string of the molecule is Cc1nn(Cc2ccc3ccccc3n2)c(N)c1Cl. The molecule has 3 rings (SSSR count). The van der Waals surface area contributed by atoms with Gasteiger partial charge in [0, 0.05) is 5.39 Å². The van der Waals surface area contributed by atoms with E-state index in [2.05, 4.69) is 10.1 Å². The van der Waals surface area contributed by atoms with Gasteiger partial charge in [0.05, 0.1) is 23.4 Å². The molecule has 0 fully saturated rings. The van der Waals surface area contributed by atoms with E-state index in [1.165, 1.54) is 0 Å². The lowest BCUT2D eigenvalue weighted by atomic mass is 10.2. The highest BCUT2D eigenvalue weighted by Crippen LogP contribution is 2.23. The van der Waals surface area contributed by atoms with Crippen LogP contribution in [0.5, 0.6) is 0 Å². The predicted molar refractivity (Wildman–Crippen MR) is 77.2 cm³/mol. The number of pyridine rings is 1. The Labute approximate surface area is 115 Å². The second kappa shape index (κ2) is 4.55. The Hall–Kier alpha value is -2.07. The predicted octanol–water partition coefficient (Wildman–Crippen LogP) is 3.02. The number of benzene rings is 1. The molecule has 96 valence electrons. The van der Waals surface area contributed by atoms with Crippen LogP contribution in [0.3, 0.4) is 0 Å². The smallest absolute Gasteiger partial charge is 0.141 e. The van der Waals surface area contributed by atoms with Crippen molar-refractivity contribution < 1.29 is 0 Å². The van der Waals surface area contributed by atoms with Crippen LogP contribution in [-0.2, 0) is 6.54 Å². The number of hydrogen-bond acceptors (Lipinski definition) is 3. The molecule has 1 aromatic carbocycles. The van der Waals surface area contributed by atoms with Gasteiger partial charge in [0.1, 0.15) is 10.8 Å². The Kier molecular flexibility index (Phi) is 2.87. The molecule has 0 radical (unpaired) electrons. The Bertz CT molecular complexity index is 748. The summed E-state index contributed by atoms with van der Waals surface area (Å²) in [4.78, 5) is 4.59. The third-order valence-electron chi connectivity index (χ3n) is 3.06. The molecule has 0 bridgehead atoms. The van der Waals surface area contributed by atoms with E-state index in [9.17, 15) is 0 Å². The molecule has 5 heteroatoms. The van der Waals surface area contributed by atoms with Gasteiger partial charge in [-0.3, -0.25) is 4.98 Å². The minimum absolute atomic E-state index is 0.481. The monoisotopic (exact) mass is 272 g/mol. The number of halogens is 1. The fraction of sp³-hybridized carbons (Fsp3) is 0.143. The van der Waals surface area contributed by atoms with Crippen molar-refractivity contribution >= 4 is 28.3 Å². The first-order chi connectivity index (χ1) is 9.15. The van der Waals surface area contributed by atoms with Crippen LogP contribution in [0.4, 0.5) is 5.82 Å². The number of hydrogen-bond donors (Lipinski definition) is 1. The molecule has 19 heavy (non-hydrogen) atoms. The van der Waals surface area contributed by atoms with Crippen LogP contribution in [0.2, 0.25) is 5.02 Å². The minimum Gasteiger partial charge on any atom is -0.383 e. The van der Waals surface area contributed by atoms with Gasteiger partial charge in [0.25, 0.3) is 0 Å². The Balaban J connectivity index is 1.98. The van der Waals surface area contributed by atoms with Crippen LogP contribution in [0.15, 0.2) is 36.4 Å². The highest BCUT2D eigenvalue weighted by molar-refractivity contribution is 6.33. The number of aryl methyl sites for hydroxylation is 1. The van der Waals surface area contributed by atoms with Crippen molar-refractivity contribution in [2.24, 2.45) is 0 Å². The lowest BCUT2D eigenvalue weighted by Gasteiger charge is -2.05. The summed E-state index contributed by atoms with van der Waals surface area (Å²) in [6, 6.07) is 12.0. The molecular weight excluding hydrogens is 260 g/mol. The van der Waals surface area contributed by atoms with E-state index >= 15 is 0 Å². The molecule has 0 saturated carbocycles. The molecule has 0 aliphatic carbocycles. The standard InChI is InChI=1S/C14H13ClN4/c1-9-13(15)14(16)19(18-9)8-11-7-6-10-4-2-3-5-12(10)17-11/h2-7H,8,16H2,1H3. The fourth-order valence-electron chi connectivity index (χ4n) is 2.05. The number of fused-ring (bicyclic) bond motifs is 1. The first-order valence-electron chi connectivity index (χ1n) is 5.98. The molecule has 2 N–H and O–H groups in total. The van der Waals surface area contributed by atoms with Crippen molar-refractivity contribution in [3.05, 3.63) is 52.8 Å². The second-order valence-corrected chi connectivity index (χ2v) is 4.82. The maximum Gasteiger partial charge on any atom is 0.141 e. The quantitative estimate of drug-likeness (QED) is 0.780. The highest BCUT2D eigenvalue weighted by atomic mass is 35.5. The normalized spacial score (nSPS) is 11.1. The summed E-state index contributed by atoms with van der Waals surface area (Å²) >= 11 is 6.03. The van der Waals surface area contributed by atoms with Gasteiger partial charge in [-0.25, -0.2) is 4.68 Å². The molecule has 0 aliphatic heterocycles. The number of nitrogen functional groups attached to an aromatic ring is 1. The zero-order valence-electron chi connectivity index (χ0n) is 10.5. The molecule has 0 aliphatic rings. The zero-order valence-corrected chi connectivity index (χ0v) is 11.2. The number of aromatic nitrogens is 3. The molecule has 0 atom stereocenters. The topological polar surface area (TPSA) is 56.7 Å². The lowest BCUT2D eigenvalue weighted by Crippen LogP contribution is -2.07. The molecule has 2 aromatic heterocycles. The Morgan fingerprint density at radius 3 is 2.74 bits per heavy atom. The summed E-state index contributed by atoms with van der Waals surface area (Å²) in [6.45, 7) is 2.35. The van der Waals surface area contributed by atoms with E-state index in [1.54, 1.807) is 4.68 Å². The van der Waals surface area contributed by atoms with Gasteiger partial charge in [0.15, 0.2) is 0 Å². The lowest BCUT2D eigenvalue weighted by molar-refractivity contribution is 0.677. The van der Waals surface area contributed by atoms with Crippen molar-refractivity contribution in [2.45, 2.75) is 13.5 Å². The molecule has 0 unspecified atom stereocenters. The Morgan fingerprint density at radius 2 is 2.00 bits per heavy atom. The van der Waals surface area contributed by atoms with Crippen molar-refractivity contribution in [3.63, 3.8) is 0 Å². The van der Waals surface area contributed by atoms with Gasteiger partial charge < -0.3 is 5.73 Å². The summed E-state index contributed by atoms with van der Waals surface area (Å²) in [6.07, 6.45) is 0. The Morgan fingerprint density at radius 1 is 1.21 bits per heavy atom. The fourth-order valence-corrected chi connectivity index (χ4v) is 2.18. The number of anilines is 1. The van der Waals surface area contributed by atoms with Gasteiger partial charge >= 0.3 is 0 Å². The number of nitrogens with two attached hydrogens (primary N) is 1. The number of rotatable bonds is 2. The molecule has 2 heterocycles. The van der Waals surface area contributed by atoms with Crippen LogP contribution < -0.4 is 5.73 Å². The van der Waals surface area contributed by atoms with Gasteiger partial charge in [-0.05, 0) is 19.1 Å². The van der Waals surface area contributed by atoms with Crippen molar-refractivity contribution in [1.82, 2.24) is 14.8 Å². The summed E-state index contributed by atoms with van der Waals surface area (Å²) in [5.74, 6) is 0.481. The van der Waals surface area contributed by atoms with E-state index in [1.807, 2.05) is 43.3 Å². The number of nitrogens with zero attached hydrogens (tertiary/aromatic N) is 3. The zero-order chi connectivity index (χ0) is 13.4. The second-order valence-electron chi connectivity index (χ2n) is 4.44. The van der Waals surface area contributed by atoms with Crippen LogP contribution in [-0.4, -0.2) is 14.8 Å². The molecular formula is C14H13ClN4. The molecule has 0 saturated heterocycles. The van der Waals surface area contributed by atoms with Crippen LogP contribution >= 0.6 is 11.6 Å². The van der Waals surface area contributed by atoms with E-state index < -0.39 is 0 Å². The molecule has 4 nitrogen and oxygen atoms in total. The maximum atomic E-state index is 6.03. The third-order valence-corrected chi connectivity index (χ3v) is 3.53. The van der Waals surface area contributed by atoms with Crippen molar-refractivity contribution in [3.8, 4) is 0 Å². The first kappa shape index (κ1) is 12.0. The molecule has 0 amide bonds. The summed E-state index contributed by atoms with van der Waals surface area (Å²) in [7, 11) is 0. The summed E-state index contributed by atoms with van der Waals surface area (Å²) in [5, 5.41) is 5.94. The molecule has 3 aromatic rings. The largest absolute Gasteiger partial charge is 0.383 e. The van der Waals surface area contributed by atoms with Crippen molar-refractivity contribution in [2.75, 3.05) is 5.73 Å². The van der Waals surface area contributed by atoms with Gasteiger partial charge in [-0.15, -0.1) is 0 Å². The molecule has 0 spiro atoms. The number of para-hydroxylation sites is 1. The minimum atomic E-state index is 0.481. The first-order valence-corrected chi connectivity index (χ1v) is 6.36. The van der Waals surface area contributed by atoms with Crippen LogP contribution in [0.25, 0.3) is 10.9 Å². The van der Waals surface area contributed by atoms with Crippen LogP contribution in [0.1, 0.15) is 11.4 Å². The summed E-state index contributed by atoms with van der Waals surface area (Å²) in [5.41, 5.74) is 8.51. The maximum absolute atomic E-state index is 6.03. The third kappa shape index (κ3) is 2.15.